The monoisotopic (exact) mass is 395 g/mol. The van der Waals surface area contributed by atoms with E-state index in [0.29, 0.717) is 5.75 Å². The van der Waals surface area contributed by atoms with Crippen molar-refractivity contribution in [2.24, 2.45) is 11.3 Å². The van der Waals surface area contributed by atoms with Gasteiger partial charge in [0, 0.05) is 17.5 Å². The van der Waals surface area contributed by atoms with Gasteiger partial charge < -0.3 is 9.64 Å². The van der Waals surface area contributed by atoms with Gasteiger partial charge in [-0.2, -0.15) is 10.5 Å². The van der Waals surface area contributed by atoms with Crippen LogP contribution in [0.15, 0.2) is 54.6 Å². The first-order valence-electron chi connectivity index (χ1n) is 10.2. The Kier molecular flexibility index (Phi) is 4.15. The predicted octanol–water partition coefficient (Wildman–Crippen LogP) is 4.08. The zero-order valence-electron chi connectivity index (χ0n) is 16.7. The van der Waals surface area contributed by atoms with Crippen LogP contribution in [0.5, 0.6) is 5.75 Å². The smallest absolute Gasteiger partial charge is 0.176 e. The number of hydrogen-bond acceptors (Lipinski definition) is 5. The Hall–Kier alpha value is -3.57. The van der Waals surface area contributed by atoms with E-state index in [1.54, 1.807) is 7.11 Å². The molecule has 5 heteroatoms. The number of benzene rings is 2. The van der Waals surface area contributed by atoms with E-state index in [4.69, 9.17) is 4.74 Å². The number of hydrogen-bond donors (Lipinski definition) is 0. The molecule has 3 atom stereocenters. The van der Waals surface area contributed by atoms with Crippen LogP contribution in [-0.2, 0) is 4.79 Å². The van der Waals surface area contributed by atoms with Gasteiger partial charge in [0.15, 0.2) is 11.2 Å². The summed E-state index contributed by atoms with van der Waals surface area (Å²) in [4.78, 5) is 15.6. The first kappa shape index (κ1) is 18.5. The number of fused-ring (bicyclic) bond motifs is 3. The van der Waals surface area contributed by atoms with Crippen molar-refractivity contribution in [3.05, 3.63) is 65.7 Å². The van der Waals surface area contributed by atoms with E-state index < -0.39 is 23.4 Å². The van der Waals surface area contributed by atoms with E-state index >= 15 is 0 Å². The number of methoxy groups -OCH3 is 1. The second-order valence-electron chi connectivity index (χ2n) is 8.23. The highest BCUT2D eigenvalue weighted by Crippen LogP contribution is 2.56. The number of para-hydroxylation sites is 1. The zero-order chi connectivity index (χ0) is 20.9. The van der Waals surface area contributed by atoms with Crippen molar-refractivity contribution in [3.63, 3.8) is 0 Å². The first-order chi connectivity index (χ1) is 14.6. The maximum absolute atomic E-state index is 13.6. The zero-order valence-corrected chi connectivity index (χ0v) is 16.7. The molecule has 148 valence electrons. The fourth-order valence-electron chi connectivity index (χ4n) is 5.05. The fourth-order valence-corrected chi connectivity index (χ4v) is 5.05. The van der Waals surface area contributed by atoms with E-state index in [2.05, 4.69) is 12.1 Å². The third-order valence-corrected chi connectivity index (χ3v) is 6.66. The molecule has 2 aliphatic heterocycles. The van der Waals surface area contributed by atoms with Crippen LogP contribution < -0.4 is 9.64 Å². The lowest BCUT2D eigenvalue weighted by Gasteiger charge is -2.35. The van der Waals surface area contributed by atoms with Crippen molar-refractivity contribution in [1.29, 1.82) is 10.5 Å². The molecule has 1 saturated heterocycles. The van der Waals surface area contributed by atoms with Crippen LogP contribution in [-0.4, -0.2) is 25.0 Å². The average molecular weight is 395 g/mol. The van der Waals surface area contributed by atoms with Gasteiger partial charge in [0.1, 0.15) is 5.75 Å². The molecule has 0 N–H and O–H groups in total. The summed E-state index contributed by atoms with van der Waals surface area (Å²) in [6, 6.07) is 18.9. The molecule has 0 amide bonds. The summed E-state index contributed by atoms with van der Waals surface area (Å²) in [7, 11) is 1.60. The van der Waals surface area contributed by atoms with Gasteiger partial charge in [-0.05, 0) is 42.2 Å². The van der Waals surface area contributed by atoms with Crippen LogP contribution in [0.1, 0.15) is 29.9 Å². The lowest BCUT2D eigenvalue weighted by molar-refractivity contribution is -0.121. The van der Waals surface area contributed by atoms with E-state index in [1.165, 1.54) is 0 Å². The maximum atomic E-state index is 13.6. The number of Topliss-reactive ketones (excluding diaryl/α,β-unsaturated/α-hetero) is 1. The summed E-state index contributed by atoms with van der Waals surface area (Å²) in [6.45, 7) is 0. The number of ether oxygens (including phenoxy) is 1. The predicted molar refractivity (Wildman–Crippen MR) is 113 cm³/mol. The molecular weight excluding hydrogens is 374 g/mol. The van der Waals surface area contributed by atoms with E-state index in [0.717, 1.165) is 29.7 Å². The lowest BCUT2D eigenvalue weighted by atomic mass is 9.69. The third kappa shape index (κ3) is 2.49. The Morgan fingerprint density at radius 1 is 1.10 bits per heavy atom. The summed E-state index contributed by atoms with van der Waals surface area (Å²) in [6.07, 6.45) is 5.65. The molecule has 0 bridgehead atoms. The highest BCUT2D eigenvalue weighted by Gasteiger charge is 2.64. The topological polar surface area (TPSA) is 77.1 Å². The van der Waals surface area contributed by atoms with Crippen molar-refractivity contribution in [2.45, 2.75) is 30.8 Å². The molecule has 1 aliphatic carbocycles. The van der Waals surface area contributed by atoms with Gasteiger partial charge >= 0.3 is 0 Å². The number of nitriles is 2. The van der Waals surface area contributed by atoms with Gasteiger partial charge in [-0.3, -0.25) is 4.79 Å². The molecule has 2 fully saturated rings. The van der Waals surface area contributed by atoms with Crippen LogP contribution in [0.3, 0.4) is 0 Å². The standard InChI is InChI=1S/C25H21N3O2/c1-30-19-11-8-17(9-12-19)22-23(24(29)18-6-7-18)28-20-5-3-2-4-16(20)10-13-21(28)25(22,14-26)15-27/h2-5,8-13,18,21-23H,6-7H2,1H3/t21-,22-,23+/m0/s1. The van der Waals surface area contributed by atoms with Crippen LogP contribution >= 0.6 is 0 Å². The van der Waals surface area contributed by atoms with E-state index in [-0.39, 0.29) is 11.7 Å². The van der Waals surface area contributed by atoms with Gasteiger partial charge in [0.05, 0.1) is 31.3 Å². The highest BCUT2D eigenvalue weighted by atomic mass is 16.5. The van der Waals surface area contributed by atoms with Gasteiger partial charge in [0.2, 0.25) is 0 Å². The molecule has 5 nitrogen and oxygen atoms in total. The Balaban J connectivity index is 1.74. The molecular formula is C25H21N3O2. The van der Waals surface area contributed by atoms with Crippen molar-refractivity contribution < 1.29 is 9.53 Å². The SMILES string of the molecule is COc1ccc([C@H]2[C@H](C(=O)C3CC3)N3c4ccccc4C=C[C@H]3C2(C#N)C#N)cc1. The highest BCUT2D eigenvalue weighted by molar-refractivity contribution is 5.95. The summed E-state index contributed by atoms with van der Waals surface area (Å²) >= 11 is 0. The Bertz CT molecular complexity index is 1100. The summed E-state index contributed by atoms with van der Waals surface area (Å²) in [5.41, 5.74) is 1.36. The lowest BCUT2D eigenvalue weighted by Crippen LogP contribution is -2.44. The number of nitrogens with zero attached hydrogens (tertiary/aromatic N) is 3. The fraction of sp³-hybridized carbons (Fsp3) is 0.320. The molecule has 0 radical (unpaired) electrons. The number of rotatable bonds is 4. The molecule has 3 aliphatic rings. The minimum Gasteiger partial charge on any atom is -0.497 e. The average Bonchev–Trinajstić information content (AvgIpc) is 3.60. The third-order valence-electron chi connectivity index (χ3n) is 6.66. The molecule has 0 unspecified atom stereocenters. The molecule has 1 saturated carbocycles. The van der Waals surface area contributed by atoms with Crippen molar-refractivity contribution in [1.82, 2.24) is 0 Å². The first-order valence-corrected chi connectivity index (χ1v) is 10.2. The van der Waals surface area contributed by atoms with Gasteiger partial charge in [-0.25, -0.2) is 0 Å². The van der Waals surface area contributed by atoms with Gasteiger partial charge in [-0.15, -0.1) is 0 Å². The molecule has 2 heterocycles. The molecule has 0 aromatic heterocycles. The molecule has 2 aromatic rings. The minimum atomic E-state index is -1.37. The number of anilines is 1. The Morgan fingerprint density at radius 3 is 2.43 bits per heavy atom. The second-order valence-corrected chi connectivity index (χ2v) is 8.23. The normalized spacial score (nSPS) is 25.6. The van der Waals surface area contributed by atoms with Crippen molar-refractivity contribution >= 4 is 17.5 Å². The number of carbonyl (C=O) groups excluding carboxylic acids is 1. The Labute approximate surface area is 175 Å². The second kappa shape index (κ2) is 6.75. The van der Waals surface area contributed by atoms with Crippen LogP contribution in [0.2, 0.25) is 0 Å². The number of carbonyl (C=O) groups is 1. The largest absolute Gasteiger partial charge is 0.497 e. The van der Waals surface area contributed by atoms with Crippen molar-refractivity contribution in [3.8, 4) is 17.9 Å². The quantitative estimate of drug-likeness (QED) is 0.780. The van der Waals surface area contributed by atoms with Crippen LogP contribution in [0.4, 0.5) is 5.69 Å². The van der Waals surface area contributed by atoms with Crippen molar-refractivity contribution in [2.75, 3.05) is 12.0 Å². The van der Waals surface area contributed by atoms with Gasteiger partial charge in [0.25, 0.3) is 0 Å². The summed E-state index contributed by atoms with van der Waals surface area (Å²) in [5, 5.41) is 20.6. The number of ketones is 1. The molecule has 30 heavy (non-hydrogen) atoms. The summed E-state index contributed by atoms with van der Waals surface area (Å²) in [5.74, 6) is 0.303. The molecule has 0 spiro atoms. The van der Waals surface area contributed by atoms with Gasteiger partial charge in [-0.1, -0.05) is 42.5 Å². The van der Waals surface area contributed by atoms with E-state index in [9.17, 15) is 15.3 Å². The maximum Gasteiger partial charge on any atom is 0.176 e. The Morgan fingerprint density at radius 2 is 1.80 bits per heavy atom. The van der Waals surface area contributed by atoms with E-state index in [1.807, 2.05) is 65.6 Å². The van der Waals surface area contributed by atoms with Crippen LogP contribution in [0.25, 0.3) is 6.08 Å². The minimum absolute atomic E-state index is 0.0163. The summed E-state index contributed by atoms with van der Waals surface area (Å²) < 4.78 is 5.28. The molecule has 2 aromatic carbocycles. The molecule has 5 rings (SSSR count). The van der Waals surface area contributed by atoms with Crippen LogP contribution in [0, 0.1) is 34.0 Å².